The molecule has 0 amide bonds. The average molecular weight is 262 g/mol. The van der Waals surface area contributed by atoms with Crippen molar-refractivity contribution >= 4 is 23.2 Å². The lowest BCUT2D eigenvalue weighted by molar-refractivity contribution is 1.35. The van der Waals surface area contributed by atoms with Gasteiger partial charge in [0.15, 0.2) is 0 Å². The highest BCUT2D eigenvalue weighted by atomic mass is 35.5. The topological polar surface area (TPSA) is 23.8 Å². The van der Waals surface area contributed by atoms with E-state index in [4.69, 9.17) is 28.5 Å². The average Bonchev–Trinajstić information content (AvgIpc) is 2.39. The van der Waals surface area contributed by atoms with Gasteiger partial charge in [-0.1, -0.05) is 42.5 Å². The van der Waals surface area contributed by atoms with E-state index in [0.29, 0.717) is 5.56 Å². The molecule has 17 heavy (non-hydrogen) atoms. The van der Waals surface area contributed by atoms with Crippen molar-refractivity contribution in [2.75, 3.05) is 0 Å². The van der Waals surface area contributed by atoms with Crippen LogP contribution < -0.4 is 0 Å². The highest BCUT2D eigenvalue weighted by Gasteiger charge is 2.06. The molecule has 1 nitrogen and oxygen atoms in total. The molecule has 0 aliphatic heterocycles. The quantitative estimate of drug-likeness (QED) is 0.719. The van der Waals surface area contributed by atoms with E-state index in [1.165, 1.54) is 0 Å². The molecule has 2 rings (SSSR count). The molecule has 0 bridgehead atoms. The van der Waals surface area contributed by atoms with Gasteiger partial charge in [0.05, 0.1) is 11.6 Å². The van der Waals surface area contributed by atoms with Crippen LogP contribution in [0.25, 0.3) is 11.1 Å². The summed E-state index contributed by atoms with van der Waals surface area (Å²) >= 11 is 11.5. The molecule has 84 valence electrons. The predicted octanol–water partition coefficient (Wildman–Crippen LogP) is 4.70. The van der Waals surface area contributed by atoms with E-state index in [1.54, 1.807) is 6.07 Å². The highest BCUT2D eigenvalue weighted by Crippen LogP contribution is 2.28. The van der Waals surface area contributed by atoms with Gasteiger partial charge in [-0.15, -0.1) is 23.2 Å². The minimum absolute atomic E-state index is 0.518. The predicted molar refractivity (Wildman–Crippen MR) is 71.0 cm³/mol. The fourth-order valence-corrected chi connectivity index (χ4v) is 1.93. The van der Waals surface area contributed by atoms with E-state index in [0.717, 1.165) is 16.7 Å². The van der Waals surface area contributed by atoms with Gasteiger partial charge >= 0.3 is 0 Å². The number of hydrogen-bond acceptors (Lipinski definition) is 1. The first-order valence-corrected chi connectivity index (χ1v) is 5.97. The summed E-state index contributed by atoms with van der Waals surface area (Å²) in [5.74, 6) is 0. The Balaban J connectivity index is 2.44. The molecular weight excluding hydrogens is 253 g/mol. The lowest BCUT2D eigenvalue weighted by Crippen LogP contribution is -1.85. The van der Waals surface area contributed by atoms with Gasteiger partial charge in [-0.25, -0.2) is 0 Å². The van der Waals surface area contributed by atoms with Gasteiger partial charge in [-0.3, -0.25) is 0 Å². The number of nitriles is 1. The van der Waals surface area contributed by atoms with Crippen LogP contribution in [0.5, 0.6) is 0 Å². The maximum atomic E-state index is 9.03. The molecule has 0 atom stereocenters. The zero-order chi connectivity index (χ0) is 12.3. The Bertz CT molecular complexity index is 553. The second-order valence-electron chi connectivity index (χ2n) is 3.58. The van der Waals surface area contributed by atoms with Crippen molar-refractivity contribution in [3.63, 3.8) is 0 Å². The summed E-state index contributed by atoms with van der Waals surface area (Å²) in [6, 6.07) is 17.2. The molecule has 0 spiro atoms. The molecule has 0 aliphatic carbocycles. The number of hydrogen-bond donors (Lipinski definition) is 0. The Labute approximate surface area is 110 Å². The van der Waals surface area contributed by atoms with Crippen molar-refractivity contribution < 1.29 is 0 Å². The first kappa shape index (κ1) is 12.0. The van der Waals surface area contributed by atoms with Gasteiger partial charge in [0.2, 0.25) is 0 Å². The highest BCUT2D eigenvalue weighted by molar-refractivity contribution is 6.44. The molecule has 0 aliphatic rings. The fraction of sp³-hybridized carbons (Fsp3) is 0.0714. The maximum Gasteiger partial charge on any atom is 0.132 e. The van der Waals surface area contributed by atoms with Crippen LogP contribution in [-0.2, 0) is 0 Å². The summed E-state index contributed by atoms with van der Waals surface area (Å²) < 4.78 is 0. The third-order valence-electron chi connectivity index (χ3n) is 2.52. The third-order valence-corrected chi connectivity index (χ3v) is 3.03. The first-order valence-electron chi connectivity index (χ1n) is 5.10. The Kier molecular flexibility index (Phi) is 3.68. The largest absolute Gasteiger partial charge is 0.192 e. The van der Waals surface area contributed by atoms with Crippen molar-refractivity contribution in [2.45, 2.75) is 4.84 Å². The van der Waals surface area contributed by atoms with Crippen molar-refractivity contribution in [1.29, 1.82) is 5.26 Å². The Morgan fingerprint density at radius 1 is 0.941 bits per heavy atom. The van der Waals surface area contributed by atoms with Gasteiger partial charge in [-0.2, -0.15) is 5.26 Å². The summed E-state index contributed by atoms with van der Waals surface area (Å²) in [5.41, 5.74) is 3.42. The van der Waals surface area contributed by atoms with Crippen molar-refractivity contribution in [3.05, 3.63) is 59.7 Å². The van der Waals surface area contributed by atoms with E-state index in [-0.39, 0.29) is 0 Å². The normalized spacial score (nSPS) is 10.2. The van der Waals surface area contributed by atoms with Crippen LogP contribution in [0, 0.1) is 11.3 Å². The zero-order valence-corrected chi connectivity index (χ0v) is 10.4. The number of alkyl halides is 2. The van der Waals surface area contributed by atoms with Gasteiger partial charge in [0, 0.05) is 0 Å². The second-order valence-corrected chi connectivity index (χ2v) is 4.68. The van der Waals surface area contributed by atoms with Gasteiger partial charge in [0.1, 0.15) is 4.84 Å². The molecule has 0 N–H and O–H groups in total. The molecule has 0 saturated carbocycles. The first-order chi connectivity index (χ1) is 8.22. The summed E-state index contributed by atoms with van der Waals surface area (Å²) in [7, 11) is 0. The second kappa shape index (κ2) is 5.23. The van der Waals surface area contributed by atoms with E-state index < -0.39 is 4.84 Å². The van der Waals surface area contributed by atoms with E-state index in [1.807, 2.05) is 42.5 Å². The van der Waals surface area contributed by atoms with Crippen molar-refractivity contribution in [2.24, 2.45) is 0 Å². The summed E-state index contributed by atoms with van der Waals surface area (Å²) in [5, 5.41) is 9.03. The number of benzene rings is 2. The van der Waals surface area contributed by atoms with Gasteiger partial charge < -0.3 is 0 Å². The summed E-state index contributed by atoms with van der Waals surface area (Å²) in [6.45, 7) is 0. The lowest BCUT2D eigenvalue weighted by atomic mass is 10.00. The molecule has 0 unspecified atom stereocenters. The van der Waals surface area contributed by atoms with Crippen LogP contribution in [0.2, 0.25) is 0 Å². The van der Waals surface area contributed by atoms with Crippen LogP contribution in [0.15, 0.2) is 48.5 Å². The Morgan fingerprint density at radius 2 is 1.59 bits per heavy atom. The summed E-state index contributed by atoms with van der Waals surface area (Å²) in [4.78, 5) is -0.518. The molecule has 0 radical (unpaired) electrons. The minimum atomic E-state index is -0.518. The molecule has 0 heterocycles. The van der Waals surface area contributed by atoms with Gasteiger partial charge in [0.25, 0.3) is 0 Å². The molecular formula is C14H9Cl2N. The Hall–Kier alpha value is -1.49. The van der Waals surface area contributed by atoms with Crippen LogP contribution in [0.3, 0.4) is 0 Å². The minimum Gasteiger partial charge on any atom is -0.192 e. The van der Waals surface area contributed by atoms with Crippen LogP contribution in [-0.4, -0.2) is 0 Å². The Morgan fingerprint density at radius 3 is 2.18 bits per heavy atom. The van der Waals surface area contributed by atoms with Crippen LogP contribution in [0.4, 0.5) is 0 Å². The monoisotopic (exact) mass is 261 g/mol. The van der Waals surface area contributed by atoms with Crippen molar-refractivity contribution in [1.82, 2.24) is 0 Å². The molecule has 0 aromatic heterocycles. The molecule has 0 saturated heterocycles. The standard InChI is InChI=1S/C14H9Cl2N/c15-14(16)11-7-5-10(6-8-11)13-4-2-1-3-12(13)9-17/h1-8,14H. The zero-order valence-electron chi connectivity index (χ0n) is 8.90. The molecule has 2 aromatic rings. The third kappa shape index (κ3) is 2.61. The molecule has 0 fully saturated rings. The fourth-order valence-electron chi connectivity index (χ4n) is 1.64. The lowest BCUT2D eigenvalue weighted by Gasteiger charge is -2.06. The smallest absolute Gasteiger partial charge is 0.132 e. The maximum absolute atomic E-state index is 9.03. The number of nitrogens with zero attached hydrogens (tertiary/aromatic N) is 1. The van der Waals surface area contributed by atoms with Crippen LogP contribution in [0.1, 0.15) is 16.0 Å². The van der Waals surface area contributed by atoms with E-state index >= 15 is 0 Å². The summed E-state index contributed by atoms with van der Waals surface area (Å²) in [6.07, 6.45) is 0. The van der Waals surface area contributed by atoms with E-state index in [2.05, 4.69) is 6.07 Å². The van der Waals surface area contributed by atoms with Crippen LogP contribution >= 0.6 is 23.2 Å². The number of rotatable bonds is 2. The molecule has 2 aromatic carbocycles. The van der Waals surface area contributed by atoms with E-state index in [9.17, 15) is 0 Å². The SMILES string of the molecule is N#Cc1ccccc1-c1ccc(C(Cl)Cl)cc1. The van der Waals surface area contributed by atoms with Crippen molar-refractivity contribution in [3.8, 4) is 17.2 Å². The molecule has 3 heteroatoms. The number of halogens is 2. The van der Waals surface area contributed by atoms with Gasteiger partial charge in [-0.05, 0) is 22.8 Å².